The first-order valence-corrected chi connectivity index (χ1v) is 7.92. The lowest BCUT2D eigenvalue weighted by atomic mass is 10.2. The summed E-state index contributed by atoms with van der Waals surface area (Å²) >= 11 is 7.37. The summed E-state index contributed by atoms with van der Waals surface area (Å²) in [4.78, 5) is 18.9. The van der Waals surface area contributed by atoms with Gasteiger partial charge in [-0.2, -0.15) is 0 Å². The van der Waals surface area contributed by atoms with Gasteiger partial charge in [-0.1, -0.05) is 41.1 Å². The van der Waals surface area contributed by atoms with Gasteiger partial charge in [0.1, 0.15) is 0 Å². The van der Waals surface area contributed by atoms with E-state index in [0.717, 1.165) is 10.2 Å². The van der Waals surface area contributed by atoms with E-state index in [9.17, 15) is 4.79 Å². The number of para-hydroxylation sites is 1. The van der Waals surface area contributed by atoms with Crippen LogP contribution in [0, 0.1) is 0 Å². The summed E-state index contributed by atoms with van der Waals surface area (Å²) in [5, 5.41) is 1.27. The van der Waals surface area contributed by atoms with E-state index in [4.69, 9.17) is 11.6 Å². The minimum absolute atomic E-state index is 0.115. The molecule has 0 fully saturated rings. The van der Waals surface area contributed by atoms with Crippen LogP contribution in [0.3, 0.4) is 0 Å². The molecule has 5 heteroatoms. The highest BCUT2D eigenvalue weighted by Crippen LogP contribution is 2.29. The van der Waals surface area contributed by atoms with Crippen molar-refractivity contribution in [2.45, 2.75) is 0 Å². The van der Waals surface area contributed by atoms with Gasteiger partial charge in [-0.15, -0.1) is 6.58 Å². The summed E-state index contributed by atoms with van der Waals surface area (Å²) in [7, 11) is 0. The molecule has 2 aromatic carbocycles. The number of benzene rings is 2. The number of amides is 1. The number of hydrogen-bond acceptors (Lipinski definition) is 3. The Hall–Kier alpha value is -2.17. The van der Waals surface area contributed by atoms with Crippen molar-refractivity contribution in [2.24, 2.45) is 0 Å². The Kier molecular flexibility index (Phi) is 4.22. The molecule has 0 aliphatic heterocycles. The summed E-state index contributed by atoms with van der Waals surface area (Å²) in [6.45, 7) is 4.14. The molecule has 0 N–H and O–H groups in total. The summed E-state index contributed by atoms with van der Waals surface area (Å²) in [6, 6.07) is 14.7. The Labute approximate surface area is 137 Å². The van der Waals surface area contributed by atoms with Crippen molar-refractivity contribution in [2.75, 3.05) is 11.4 Å². The third-order valence-electron chi connectivity index (χ3n) is 3.16. The fourth-order valence-electron chi connectivity index (χ4n) is 2.10. The van der Waals surface area contributed by atoms with Crippen LogP contribution in [0.4, 0.5) is 5.13 Å². The number of anilines is 1. The van der Waals surface area contributed by atoms with Crippen molar-refractivity contribution in [3.05, 3.63) is 71.8 Å². The van der Waals surface area contributed by atoms with Crippen LogP contribution in [0.15, 0.2) is 61.2 Å². The molecule has 1 amide bonds. The number of nitrogens with zero attached hydrogens (tertiary/aromatic N) is 2. The topological polar surface area (TPSA) is 33.2 Å². The molecule has 3 nitrogen and oxygen atoms in total. The van der Waals surface area contributed by atoms with Gasteiger partial charge in [-0.05, 0) is 36.4 Å². The van der Waals surface area contributed by atoms with Crippen LogP contribution in [-0.2, 0) is 0 Å². The van der Waals surface area contributed by atoms with E-state index >= 15 is 0 Å². The van der Waals surface area contributed by atoms with Crippen molar-refractivity contribution in [3.63, 3.8) is 0 Å². The number of carbonyl (C=O) groups excluding carboxylic acids is 1. The first-order valence-electron chi connectivity index (χ1n) is 6.73. The molecule has 3 aromatic rings. The molecule has 0 atom stereocenters. The fraction of sp³-hybridized carbons (Fsp3) is 0.0588. The minimum Gasteiger partial charge on any atom is -0.280 e. The monoisotopic (exact) mass is 328 g/mol. The largest absolute Gasteiger partial charge is 0.280 e. The third kappa shape index (κ3) is 2.89. The Balaban J connectivity index is 1.99. The summed E-state index contributed by atoms with van der Waals surface area (Å²) in [5.74, 6) is -0.115. The molecular formula is C17H13ClN2OS. The zero-order valence-corrected chi connectivity index (χ0v) is 13.3. The maximum atomic E-state index is 12.7. The lowest BCUT2D eigenvalue weighted by molar-refractivity contribution is 0.0989. The third-order valence-corrected chi connectivity index (χ3v) is 4.47. The highest BCUT2D eigenvalue weighted by molar-refractivity contribution is 7.22. The Morgan fingerprint density at radius 2 is 1.95 bits per heavy atom. The van der Waals surface area contributed by atoms with Gasteiger partial charge in [-0.3, -0.25) is 9.69 Å². The highest BCUT2D eigenvalue weighted by atomic mass is 35.5. The second kappa shape index (κ2) is 6.30. The molecular weight excluding hydrogens is 316 g/mol. The molecule has 0 unspecified atom stereocenters. The van der Waals surface area contributed by atoms with Crippen LogP contribution in [0.1, 0.15) is 10.4 Å². The Bertz CT molecular complexity index is 793. The number of fused-ring (bicyclic) bond motifs is 1. The quantitative estimate of drug-likeness (QED) is 0.645. The van der Waals surface area contributed by atoms with E-state index in [-0.39, 0.29) is 5.91 Å². The van der Waals surface area contributed by atoms with Gasteiger partial charge >= 0.3 is 0 Å². The van der Waals surface area contributed by atoms with Crippen molar-refractivity contribution in [1.29, 1.82) is 0 Å². The van der Waals surface area contributed by atoms with Gasteiger partial charge in [0.2, 0.25) is 0 Å². The highest BCUT2D eigenvalue weighted by Gasteiger charge is 2.20. The van der Waals surface area contributed by atoms with Crippen LogP contribution in [0.25, 0.3) is 10.2 Å². The second-order valence-corrected chi connectivity index (χ2v) is 6.12. The molecule has 0 saturated carbocycles. The normalized spacial score (nSPS) is 10.6. The lowest BCUT2D eigenvalue weighted by Gasteiger charge is -2.17. The van der Waals surface area contributed by atoms with Crippen LogP contribution in [-0.4, -0.2) is 17.4 Å². The number of rotatable bonds is 4. The average molecular weight is 329 g/mol. The van der Waals surface area contributed by atoms with Gasteiger partial charge in [0.25, 0.3) is 5.91 Å². The maximum absolute atomic E-state index is 12.7. The predicted octanol–water partition coefficient (Wildman–Crippen LogP) is 4.78. The van der Waals surface area contributed by atoms with E-state index in [1.54, 1.807) is 35.2 Å². The zero-order chi connectivity index (χ0) is 15.5. The molecule has 1 heterocycles. The Morgan fingerprint density at radius 3 is 2.64 bits per heavy atom. The zero-order valence-electron chi connectivity index (χ0n) is 11.7. The molecule has 0 spiro atoms. The van der Waals surface area contributed by atoms with Gasteiger partial charge in [0, 0.05) is 17.1 Å². The van der Waals surface area contributed by atoms with E-state index in [0.29, 0.717) is 22.3 Å². The molecule has 0 bridgehead atoms. The van der Waals surface area contributed by atoms with E-state index < -0.39 is 0 Å². The van der Waals surface area contributed by atoms with Crippen molar-refractivity contribution < 1.29 is 4.79 Å². The predicted molar refractivity (Wildman–Crippen MR) is 92.9 cm³/mol. The first-order chi connectivity index (χ1) is 10.7. The molecule has 3 rings (SSSR count). The summed E-state index contributed by atoms with van der Waals surface area (Å²) in [5.41, 5.74) is 1.46. The summed E-state index contributed by atoms with van der Waals surface area (Å²) in [6.07, 6.45) is 1.69. The van der Waals surface area contributed by atoms with E-state index in [1.165, 1.54) is 11.3 Å². The number of hydrogen-bond donors (Lipinski definition) is 0. The van der Waals surface area contributed by atoms with Crippen molar-refractivity contribution >= 4 is 44.2 Å². The number of thiazole rings is 1. The van der Waals surface area contributed by atoms with Crippen LogP contribution in [0.2, 0.25) is 5.02 Å². The molecule has 0 radical (unpaired) electrons. The molecule has 22 heavy (non-hydrogen) atoms. The molecule has 0 aliphatic carbocycles. The number of carbonyl (C=O) groups is 1. The fourth-order valence-corrected chi connectivity index (χ4v) is 3.20. The average Bonchev–Trinajstić information content (AvgIpc) is 2.96. The van der Waals surface area contributed by atoms with Crippen LogP contribution in [0.5, 0.6) is 0 Å². The van der Waals surface area contributed by atoms with Crippen LogP contribution < -0.4 is 4.90 Å². The van der Waals surface area contributed by atoms with Gasteiger partial charge in [0.15, 0.2) is 5.13 Å². The van der Waals surface area contributed by atoms with Gasteiger partial charge < -0.3 is 0 Å². The van der Waals surface area contributed by atoms with Gasteiger partial charge in [-0.25, -0.2) is 4.98 Å². The first kappa shape index (κ1) is 14.8. The second-order valence-electron chi connectivity index (χ2n) is 4.68. The summed E-state index contributed by atoms with van der Waals surface area (Å²) < 4.78 is 1.05. The molecule has 110 valence electrons. The molecule has 0 saturated heterocycles. The molecule has 1 aromatic heterocycles. The van der Waals surface area contributed by atoms with E-state index in [1.807, 2.05) is 24.3 Å². The van der Waals surface area contributed by atoms with Crippen molar-refractivity contribution in [1.82, 2.24) is 4.98 Å². The Morgan fingerprint density at radius 1 is 1.23 bits per heavy atom. The van der Waals surface area contributed by atoms with Crippen molar-refractivity contribution in [3.8, 4) is 0 Å². The number of halogens is 1. The number of aromatic nitrogens is 1. The standard InChI is InChI=1S/C17H13ClN2OS/c1-2-11-20(16(21)12-7-9-13(18)10-8-12)17-19-14-5-3-4-6-15(14)22-17/h2-10H,1,11H2. The van der Waals surface area contributed by atoms with E-state index in [2.05, 4.69) is 11.6 Å². The SMILES string of the molecule is C=CCN(C(=O)c1ccc(Cl)cc1)c1nc2ccccc2s1. The van der Waals surface area contributed by atoms with Crippen LogP contribution >= 0.6 is 22.9 Å². The van der Waals surface area contributed by atoms with Gasteiger partial charge in [0.05, 0.1) is 10.2 Å². The lowest BCUT2D eigenvalue weighted by Crippen LogP contribution is -2.30. The molecule has 0 aliphatic rings. The smallest absolute Gasteiger partial charge is 0.260 e. The minimum atomic E-state index is -0.115. The maximum Gasteiger partial charge on any atom is 0.260 e.